The van der Waals surface area contributed by atoms with Crippen LogP contribution in [-0.2, 0) is 17.4 Å². The second kappa shape index (κ2) is 14.3. The van der Waals surface area contributed by atoms with Crippen LogP contribution in [0.1, 0.15) is 67.1 Å². The monoisotopic (exact) mass is 564 g/mol. The molecule has 1 aromatic heterocycles. The largest absolute Gasteiger partial charge is 0.495 e. The van der Waals surface area contributed by atoms with Crippen molar-refractivity contribution in [3.05, 3.63) is 41.2 Å². The van der Waals surface area contributed by atoms with E-state index < -0.39 is 11.7 Å². The summed E-state index contributed by atoms with van der Waals surface area (Å²) in [4.78, 5) is 34.2. The second-order valence-corrected chi connectivity index (χ2v) is 10.1. The number of aryl methyl sites for hydroxylation is 1. The molecule has 0 aliphatic heterocycles. The molecule has 2 aromatic rings. The molecule has 0 saturated heterocycles. The van der Waals surface area contributed by atoms with E-state index in [9.17, 15) is 22.8 Å². The molecule has 1 unspecified atom stereocenters. The van der Waals surface area contributed by atoms with Gasteiger partial charge in [-0.2, -0.15) is 13.2 Å². The number of ether oxygens (including phenoxy) is 1. The van der Waals surface area contributed by atoms with Crippen molar-refractivity contribution >= 4 is 23.5 Å². The van der Waals surface area contributed by atoms with Gasteiger partial charge in [0.05, 0.1) is 24.1 Å². The molecular weight excluding hydrogens is 525 g/mol. The molecular formula is C28H39F3N6O3. The molecule has 2 atom stereocenters. The lowest BCUT2D eigenvalue weighted by Crippen LogP contribution is -2.42. The van der Waals surface area contributed by atoms with Crippen LogP contribution in [0, 0.1) is 5.92 Å². The molecule has 1 aromatic carbocycles. The Labute approximate surface area is 233 Å². The summed E-state index contributed by atoms with van der Waals surface area (Å²) in [6, 6.07) is 4.84. The Balaban J connectivity index is 1.75. The molecule has 0 spiro atoms. The summed E-state index contributed by atoms with van der Waals surface area (Å²) in [6.45, 7) is 2.61. The summed E-state index contributed by atoms with van der Waals surface area (Å²) in [6.07, 6.45) is 1.52. The molecule has 40 heavy (non-hydrogen) atoms. The molecule has 0 radical (unpaired) electrons. The number of carbonyl (C=O) groups excluding carboxylic acids is 2. The van der Waals surface area contributed by atoms with Crippen molar-refractivity contribution in [1.82, 2.24) is 25.5 Å². The van der Waals surface area contributed by atoms with Crippen molar-refractivity contribution in [3.8, 4) is 5.75 Å². The summed E-state index contributed by atoms with van der Waals surface area (Å²) in [5.41, 5.74) is -0.155. The van der Waals surface area contributed by atoms with Crippen LogP contribution in [0.25, 0.3) is 0 Å². The highest BCUT2D eigenvalue weighted by Gasteiger charge is 2.35. The van der Waals surface area contributed by atoms with Crippen molar-refractivity contribution in [1.29, 1.82) is 0 Å². The van der Waals surface area contributed by atoms with Gasteiger partial charge in [0.15, 0.2) is 0 Å². The fraction of sp³-hybridized carbons (Fsp3) is 0.571. The highest BCUT2D eigenvalue weighted by atomic mass is 19.4. The van der Waals surface area contributed by atoms with E-state index in [0.29, 0.717) is 42.9 Å². The average molecular weight is 565 g/mol. The van der Waals surface area contributed by atoms with Crippen molar-refractivity contribution in [2.75, 3.05) is 39.6 Å². The highest BCUT2D eigenvalue weighted by Crippen LogP contribution is 2.35. The molecule has 12 heteroatoms. The molecule has 3 rings (SSSR count). The maximum atomic E-state index is 13.8. The lowest BCUT2D eigenvalue weighted by atomic mass is 9.80. The zero-order chi connectivity index (χ0) is 29.3. The Morgan fingerprint density at radius 3 is 2.60 bits per heavy atom. The summed E-state index contributed by atoms with van der Waals surface area (Å²) in [5.74, 6) is 0.293. The standard InChI is InChI=1S/C28H39F3N6O3/c1-18(38)37(3)24-11-6-5-8-19(24)9-7-10-22-21(28(29,30)31)17-34-27(35-22)36-23-13-12-20(16-25(23)40-4)26(39)33-15-14-32-2/h12-13,16-17,19,24,32H,5-11,14-15H2,1-4H3,(H,33,39)(H,34,35,36)/t19?,24-/m1/s1. The van der Waals surface area contributed by atoms with Gasteiger partial charge in [0, 0.05) is 44.9 Å². The predicted octanol–water partition coefficient (Wildman–Crippen LogP) is 4.56. The minimum atomic E-state index is -4.59. The van der Waals surface area contributed by atoms with Crippen LogP contribution in [0.5, 0.6) is 5.75 Å². The Morgan fingerprint density at radius 1 is 1.18 bits per heavy atom. The molecule has 0 bridgehead atoms. The third kappa shape index (κ3) is 8.30. The van der Waals surface area contributed by atoms with Gasteiger partial charge in [-0.05, 0) is 63.3 Å². The number of hydrogen-bond acceptors (Lipinski definition) is 7. The third-order valence-corrected chi connectivity index (χ3v) is 7.40. The number of alkyl halides is 3. The molecule has 1 saturated carbocycles. The van der Waals surface area contributed by atoms with E-state index in [1.807, 2.05) is 0 Å². The second-order valence-electron chi connectivity index (χ2n) is 10.1. The van der Waals surface area contributed by atoms with Crippen LogP contribution in [0.15, 0.2) is 24.4 Å². The quantitative estimate of drug-likeness (QED) is 0.325. The van der Waals surface area contributed by atoms with Gasteiger partial charge in [0.2, 0.25) is 11.9 Å². The van der Waals surface area contributed by atoms with E-state index in [2.05, 4.69) is 25.9 Å². The number of nitrogens with zero attached hydrogens (tertiary/aromatic N) is 3. The first-order valence-electron chi connectivity index (χ1n) is 13.6. The number of amides is 2. The van der Waals surface area contributed by atoms with Gasteiger partial charge < -0.3 is 25.6 Å². The lowest BCUT2D eigenvalue weighted by molar-refractivity contribution is -0.138. The van der Waals surface area contributed by atoms with Crippen molar-refractivity contribution in [2.45, 2.75) is 64.1 Å². The number of carbonyl (C=O) groups is 2. The van der Waals surface area contributed by atoms with Gasteiger partial charge in [-0.25, -0.2) is 9.97 Å². The fourth-order valence-corrected chi connectivity index (χ4v) is 5.16. The number of benzene rings is 1. The number of nitrogens with one attached hydrogen (secondary N) is 3. The van der Waals surface area contributed by atoms with E-state index in [4.69, 9.17) is 4.74 Å². The normalized spacial score (nSPS) is 17.3. The van der Waals surface area contributed by atoms with Crippen LogP contribution in [0.2, 0.25) is 0 Å². The van der Waals surface area contributed by atoms with Gasteiger partial charge in [0.1, 0.15) is 5.75 Å². The first-order valence-corrected chi connectivity index (χ1v) is 13.6. The molecule has 1 aliphatic carbocycles. The Hall–Kier alpha value is -3.41. The van der Waals surface area contributed by atoms with Crippen LogP contribution in [-0.4, -0.2) is 67.0 Å². The van der Waals surface area contributed by atoms with Crippen molar-refractivity contribution in [2.24, 2.45) is 5.92 Å². The van der Waals surface area contributed by atoms with Crippen LogP contribution in [0.4, 0.5) is 24.8 Å². The van der Waals surface area contributed by atoms with Crippen LogP contribution in [0.3, 0.4) is 0 Å². The van der Waals surface area contributed by atoms with Crippen LogP contribution >= 0.6 is 0 Å². The number of rotatable bonds is 12. The van der Waals surface area contributed by atoms with Gasteiger partial charge in [-0.1, -0.05) is 12.8 Å². The molecule has 9 nitrogen and oxygen atoms in total. The number of methoxy groups -OCH3 is 1. The van der Waals surface area contributed by atoms with E-state index in [1.54, 1.807) is 44.1 Å². The number of halogens is 3. The highest BCUT2D eigenvalue weighted by molar-refractivity contribution is 5.95. The molecule has 220 valence electrons. The fourth-order valence-electron chi connectivity index (χ4n) is 5.16. The number of anilines is 2. The van der Waals surface area contributed by atoms with E-state index in [1.165, 1.54) is 7.11 Å². The predicted molar refractivity (Wildman–Crippen MR) is 147 cm³/mol. The van der Waals surface area contributed by atoms with Gasteiger partial charge in [-0.3, -0.25) is 9.59 Å². The summed E-state index contributed by atoms with van der Waals surface area (Å²) < 4.78 is 46.8. The molecule has 1 fully saturated rings. The minimum absolute atomic E-state index is 0.000576. The topological polar surface area (TPSA) is 108 Å². The number of aromatic nitrogens is 2. The van der Waals surface area contributed by atoms with Gasteiger partial charge in [-0.15, -0.1) is 0 Å². The molecule has 1 aliphatic rings. The maximum Gasteiger partial charge on any atom is 0.419 e. The summed E-state index contributed by atoms with van der Waals surface area (Å²) in [7, 11) is 5.02. The molecule has 2 amide bonds. The number of hydrogen-bond donors (Lipinski definition) is 3. The summed E-state index contributed by atoms with van der Waals surface area (Å²) >= 11 is 0. The minimum Gasteiger partial charge on any atom is -0.495 e. The zero-order valence-corrected chi connectivity index (χ0v) is 23.5. The van der Waals surface area contributed by atoms with Crippen molar-refractivity contribution in [3.63, 3.8) is 0 Å². The van der Waals surface area contributed by atoms with Crippen molar-refractivity contribution < 1.29 is 27.5 Å². The first-order chi connectivity index (χ1) is 19.0. The van der Waals surface area contributed by atoms with E-state index in [0.717, 1.165) is 31.9 Å². The van der Waals surface area contributed by atoms with Crippen LogP contribution < -0.4 is 20.7 Å². The Bertz CT molecular complexity index is 1160. The average Bonchev–Trinajstić information content (AvgIpc) is 2.92. The van der Waals surface area contributed by atoms with Gasteiger partial charge in [0.25, 0.3) is 5.91 Å². The van der Waals surface area contributed by atoms with E-state index >= 15 is 0 Å². The van der Waals surface area contributed by atoms with E-state index in [-0.39, 0.29) is 41.8 Å². The third-order valence-electron chi connectivity index (χ3n) is 7.40. The smallest absolute Gasteiger partial charge is 0.419 e. The molecule has 1 heterocycles. The molecule has 3 N–H and O–H groups in total. The summed E-state index contributed by atoms with van der Waals surface area (Å²) in [5, 5.41) is 8.66. The number of likely N-dealkylation sites (N-methyl/N-ethyl adjacent to an activating group) is 1. The Morgan fingerprint density at radius 2 is 1.93 bits per heavy atom. The maximum absolute atomic E-state index is 13.8. The lowest BCUT2D eigenvalue weighted by Gasteiger charge is -2.37. The van der Waals surface area contributed by atoms with Gasteiger partial charge >= 0.3 is 6.18 Å². The SMILES string of the molecule is CNCCNC(=O)c1ccc(Nc2ncc(C(F)(F)F)c(CCCC3CCCC[C@H]3N(C)C(C)=O)n2)c(OC)c1. The Kier molecular flexibility index (Phi) is 11.1. The zero-order valence-electron chi connectivity index (χ0n) is 23.5. The first kappa shape index (κ1) is 31.1.